The summed E-state index contributed by atoms with van der Waals surface area (Å²) >= 11 is 0. The SMILES string of the molecule is CCN(CC)C(=O)N1CCC(C(=O)NOCc2ccccc2)CC1. The van der Waals surface area contributed by atoms with E-state index in [1.54, 1.807) is 0 Å². The molecule has 6 heteroatoms. The largest absolute Gasteiger partial charge is 0.325 e. The molecule has 0 aromatic heterocycles. The van der Waals surface area contributed by atoms with Crippen molar-refractivity contribution in [3.8, 4) is 0 Å². The van der Waals surface area contributed by atoms with E-state index in [1.807, 2.05) is 54.0 Å². The lowest BCUT2D eigenvalue weighted by molar-refractivity contribution is -0.140. The number of likely N-dealkylation sites (tertiary alicyclic amines) is 1. The number of benzene rings is 1. The third kappa shape index (κ3) is 4.96. The van der Waals surface area contributed by atoms with Gasteiger partial charge in [-0.1, -0.05) is 30.3 Å². The van der Waals surface area contributed by atoms with Gasteiger partial charge in [0.25, 0.3) is 0 Å². The smallest absolute Gasteiger partial charge is 0.319 e. The lowest BCUT2D eigenvalue weighted by Crippen LogP contribution is -2.48. The van der Waals surface area contributed by atoms with Gasteiger partial charge in [-0.15, -0.1) is 0 Å². The summed E-state index contributed by atoms with van der Waals surface area (Å²) in [6.07, 6.45) is 1.35. The molecule has 6 nitrogen and oxygen atoms in total. The fourth-order valence-electron chi connectivity index (χ4n) is 2.88. The second kappa shape index (κ2) is 9.27. The van der Waals surface area contributed by atoms with Crippen LogP contribution in [0.25, 0.3) is 0 Å². The fourth-order valence-corrected chi connectivity index (χ4v) is 2.88. The summed E-state index contributed by atoms with van der Waals surface area (Å²) in [7, 11) is 0. The second-order valence-electron chi connectivity index (χ2n) is 5.96. The number of hydroxylamine groups is 1. The van der Waals surface area contributed by atoms with Gasteiger partial charge in [0.05, 0.1) is 6.61 Å². The molecule has 0 bridgehead atoms. The van der Waals surface area contributed by atoms with Crippen molar-refractivity contribution in [3.63, 3.8) is 0 Å². The van der Waals surface area contributed by atoms with E-state index in [2.05, 4.69) is 5.48 Å². The number of urea groups is 1. The maximum absolute atomic E-state index is 12.3. The Kier molecular flexibility index (Phi) is 7.06. The van der Waals surface area contributed by atoms with Crippen LogP contribution in [-0.4, -0.2) is 47.9 Å². The summed E-state index contributed by atoms with van der Waals surface area (Å²) in [5, 5.41) is 0. The van der Waals surface area contributed by atoms with Crippen LogP contribution in [0.4, 0.5) is 4.79 Å². The van der Waals surface area contributed by atoms with E-state index in [4.69, 9.17) is 4.84 Å². The highest BCUT2D eigenvalue weighted by molar-refractivity contribution is 5.78. The first-order chi connectivity index (χ1) is 11.7. The maximum Gasteiger partial charge on any atom is 0.319 e. The first-order valence-corrected chi connectivity index (χ1v) is 8.65. The Labute approximate surface area is 143 Å². The van der Waals surface area contributed by atoms with Crippen LogP contribution in [0.15, 0.2) is 30.3 Å². The lowest BCUT2D eigenvalue weighted by atomic mass is 9.96. The van der Waals surface area contributed by atoms with E-state index >= 15 is 0 Å². The number of nitrogens with zero attached hydrogens (tertiary/aromatic N) is 2. The molecule has 132 valence electrons. The number of piperidine rings is 1. The quantitative estimate of drug-likeness (QED) is 0.813. The van der Waals surface area contributed by atoms with Crippen LogP contribution >= 0.6 is 0 Å². The highest BCUT2D eigenvalue weighted by Crippen LogP contribution is 2.18. The van der Waals surface area contributed by atoms with Crippen molar-refractivity contribution < 1.29 is 14.4 Å². The van der Waals surface area contributed by atoms with E-state index in [1.165, 1.54) is 0 Å². The monoisotopic (exact) mass is 333 g/mol. The summed E-state index contributed by atoms with van der Waals surface area (Å²) < 4.78 is 0. The molecule has 0 saturated carbocycles. The minimum Gasteiger partial charge on any atom is -0.325 e. The fraction of sp³-hybridized carbons (Fsp3) is 0.556. The zero-order chi connectivity index (χ0) is 17.4. The second-order valence-corrected chi connectivity index (χ2v) is 5.96. The molecule has 24 heavy (non-hydrogen) atoms. The number of amides is 3. The number of rotatable bonds is 6. The minimum atomic E-state index is -0.0964. The number of carbonyl (C=O) groups is 2. The third-order valence-corrected chi connectivity index (χ3v) is 4.42. The minimum absolute atomic E-state index is 0.0687. The van der Waals surface area contributed by atoms with E-state index in [0.29, 0.717) is 45.6 Å². The van der Waals surface area contributed by atoms with Gasteiger partial charge < -0.3 is 9.80 Å². The van der Waals surface area contributed by atoms with Gasteiger partial charge in [-0.05, 0) is 32.3 Å². The van der Waals surface area contributed by atoms with Gasteiger partial charge >= 0.3 is 6.03 Å². The zero-order valence-electron chi connectivity index (χ0n) is 14.5. The topological polar surface area (TPSA) is 61.9 Å². The van der Waals surface area contributed by atoms with Crippen LogP contribution in [0, 0.1) is 5.92 Å². The summed E-state index contributed by atoms with van der Waals surface area (Å²) in [6, 6.07) is 9.77. The molecule has 3 amide bonds. The van der Waals surface area contributed by atoms with Crippen molar-refractivity contribution in [1.82, 2.24) is 15.3 Å². The molecule has 2 rings (SSSR count). The number of nitrogens with one attached hydrogen (secondary N) is 1. The lowest BCUT2D eigenvalue weighted by Gasteiger charge is -2.34. The molecule has 1 heterocycles. The van der Waals surface area contributed by atoms with E-state index < -0.39 is 0 Å². The van der Waals surface area contributed by atoms with Crippen molar-refractivity contribution in [3.05, 3.63) is 35.9 Å². The Balaban J connectivity index is 1.71. The Bertz CT molecular complexity index is 524. The van der Waals surface area contributed by atoms with Crippen molar-refractivity contribution in [2.24, 2.45) is 5.92 Å². The maximum atomic E-state index is 12.3. The Morgan fingerprint density at radius 3 is 2.38 bits per heavy atom. The molecule has 0 aliphatic carbocycles. The van der Waals surface area contributed by atoms with Gasteiger partial charge in [0.15, 0.2) is 0 Å². The van der Waals surface area contributed by atoms with Crippen molar-refractivity contribution in [2.45, 2.75) is 33.3 Å². The van der Waals surface area contributed by atoms with E-state index in [0.717, 1.165) is 5.56 Å². The summed E-state index contributed by atoms with van der Waals surface area (Å²) in [5.41, 5.74) is 3.55. The molecule has 0 atom stereocenters. The molecule has 1 aromatic rings. The Morgan fingerprint density at radius 1 is 1.17 bits per heavy atom. The van der Waals surface area contributed by atoms with Crippen LogP contribution < -0.4 is 5.48 Å². The van der Waals surface area contributed by atoms with Gasteiger partial charge in [0, 0.05) is 32.1 Å². The molecule has 1 N–H and O–H groups in total. The average molecular weight is 333 g/mol. The summed E-state index contributed by atoms with van der Waals surface area (Å²) in [4.78, 5) is 33.4. The summed E-state index contributed by atoms with van der Waals surface area (Å²) in [6.45, 7) is 6.97. The molecular formula is C18H27N3O3. The van der Waals surface area contributed by atoms with E-state index in [9.17, 15) is 9.59 Å². The van der Waals surface area contributed by atoms with Crippen molar-refractivity contribution >= 4 is 11.9 Å². The summed E-state index contributed by atoms with van der Waals surface area (Å²) in [5.74, 6) is -0.192. The van der Waals surface area contributed by atoms with Gasteiger partial charge in [0.2, 0.25) is 5.91 Å². The standard InChI is InChI=1S/C18H27N3O3/c1-3-20(4-2)18(23)21-12-10-16(11-13-21)17(22)19-24-14-15-8-6-5-7-9-15/h5-9,16H,3-4,10-14H2,1-2H3,(H,19,22). The number of hydrogen-bond acceptors (Lipinski definition) is 3. The molecule has 0 unspecified atom stereocenters. The van der Waals surface area contributed by atoms with Gasteiger partial charge in [-0.25, -0.2) is 10.3 Å². The molecule has 1 aromatic carbocycles. The highest BCUT2D eigenvalue weighted by atomic mass is 16.6. The zero-order valence-corrected chi connectivity index (χ0v) is 14.5. The van der Waals surface area contributed by atoms with Gasteiger partial charge in [-0.2, -0.15) is 0 Å². The van der Waals surface area contributed by atoms with Crippen LogP contribution in [0.3, 0.4) is 0 Å². The number of hydrogen-bond donors (Lipinski definition) is 1. The molecule has 1 aliphatic rings. The predicted molar refractivity (Wildman–Crippen MR) is 92.0 cm³/mol. The number of carbonyl (C=O) groups excluding carboxylic acids is 2. The van der Waals surface area contributed by atoms with Crippen molar-refractivity contribution in [1.29, 1.82) is 0 Å². The first-order valence-electron chi connectivity index (χ1n) is 8.65. The van der Waals surface area contributed by atoms with Crippen LogP contribution in [0.5, 0.6) is 0 Å². The van der Waals surface area contributed by atoms with Crippen LogP contribution in [0.2, 0.25) is 0 Å². The first kappa shape index (κ1) is 18.3. The molecule has 0 spiro atoms. The highest BCUT2D eigenvalue weighted by Gasteiger charge is 2.28. The normalized spacial score (nSPS) is 15.2. The molecular weight excluding hydrogens is 306 g/mol. The van der Waals surface area contributed by atoms with E-state index in [-0.39, 0.29) is 17.9 Å². The average Bonchev–Trinajstić information content (AvgIpc) is 2.63. The van der Waals surface area contributed by atoms with Crippen LogP contribution in [0.1, 0.15) is 32.3 Å². The van der Waals surface area contributed by atoms with Crippen LogP contribution in [-0.2, 0) is 16.2 Å². The van der Waals surface area contributed by atoms with Gasteiger partial charge in [0.1, 0.15) is 0 Å². The third-order valence-electron chi connectivity index (χ3n) is 4.42. The van der Waals surface area contributed by atoms with Gasteiger partial charge in [-0.3, -0.25) is 9.63 Å². The Morgan fingerprint density at radius 2 is 1.79 bits per heavy atom. The molecule has 1 fully saturated rings. The Hall–Kier alpha value is -2.08. The molecule has 0 radical (unpaired) electrons. The predicted octanol–water partition coefficient (Wildman–Crippen LogP) is 2.41. The molecule has 1 aliphatic heterocycles. The van der Waals surface area contributed by atoms with Crippen molar-refractivity contribution in [2.75, 3.05) is 26.2 Å². The molecule has 1 saturated heterocycles.